The maximum Gasteiger partial charge on any atom is 0.351 e. The molecule has 0 aliphatic carbocycles. The molecule has 0 saturated heterocycles. The van der Waals surface area contributed by atoms with Crippen LogP contribution in [-0.4, -0.2) is 25.3 Å². The molecule has 0 N–H and O–H groups in total. The van der Waals surface area contributed by atoms with Crippen LogP contribution in [0.5, 0.6) is 0 Å². The molecule has 0 saturated carbocycles. The van der Waals surface area contributed by atoms with Gasteiger partial charge in [0.2, 0.25) is 0 Å². The average molecular weight is 421 g/mol. The highest BCUT2D eigenvalue weighted by atomic mass is 35.5. The van der Waals surface area contributed by atoms with E-state index in [1.54, 1.807) is 19.1 Å². The number of rotatable bonds is 4. The lowest BCUT2D eigenvalue weighted by atomic mass is 10.1. The highest BCUT2D eigenvalue weighted by Crippen LogP contribution is 2.42. The van der Waals surface area contributed by atoms with Gasteiger partial charge in [0.15, 0.2) is 5.57 Å². The molecule has 144 valence electrons. The predicted molar refractivity (Wildman–Crippen MR) is 99.7 cm³/mol. The van der Waals surface area contributed by atoms with Gasteiger partial charge in [-0.05, 0) is 25.1 Å². The maximum atomic E-state index is 14.3. The van der Waals surface area contributed by atoms with Gasteiger partial charge >= 0.3 is 5.97 Å². The number of hydrogen-bond donors (Lipinski definition) is 0. The first kappa shape index (κ1) is 19.9. The van der Waals surface area contributed by atoms with Crippen molar-refractivity contribution in [2.75, 3.05) is 6.61 Å². The Hall–Kier alpha value is -2.89. The van der Waals surface area contributed by atoms with Gasteiger partial charge in [-0.15, -0.1) is 0 Å². The number of nitrogens with zero attached hydrogens (tertiary/aromatic N) is 2. The van der Waals surface area contributed by atoms with Gasteiger partial charge < -0.3 is 4.74 Å². The number of carbonyl (C=O) groups is 1. The third kappa shape index (κ3) is 3.23. The number of halogens is 2. The van der Waals surface area contributed by atoms with Crippen molar-refractivity contribution in [1.29, 1.82) is 5.26 Å². The second kappa shape index (κ2) is 7.62. The summed E-state index contributed by atoms with van der Waals surface area (Å²) in [4.78, 5) is 12.2. The zero-order chi connectivity index (χ0) is 20.5. The highest BCUT2D eigenvalue weighted by Gasteiger charge is 2.41. The molecule has 0 unspecified atom stereocenters. The van der Waals surface area contributed by atoms with Crippen molar-refractivity contribution in [3.05, 3.63) is 70.0 Å². The molecule has 28 heavy (non-hydrogen) atoms. The summed E-state index contributed by atoms with van der Waals surface area (Å²) < 4.78 is 46.2. The quantitative estimate of drug-likeness (QED) is 0.429. The summed E-state index contributed by atoms with van der Waals surface area (Å²) in [6.07, 6.45) is 0. The number of nitriles is 1. The number of carbonyl (C=O) groups excluding carboxylic acids is 1. The van der Waals surface area contributed by atoms with E-state index in [1.807, 2.05) is 0 Å². The number of fused-ring (bicyclic) bond motifs is 1. The first-order chi connectivity index (χ1) is 13.3. The van der Waals surface area contributed by atoms with Crippen molar-refractivity contribution in [1.82, 2.24) is 4.31 Å². The maximum absolute atomic E-state index is 14.3. The molecule has 0 radical (unpaired) electrons. The molecule has 3 rings (SSSR count). The van der Waals surface area contributed by atoms with Crippen molar-refractivity contribution < 1.29 is 22.3 Å². The number of hydrogen-bond acceptors (Lipinski definition) is 5. The van der Waals surface area contributed by atoms with Crippen LogP contribution in [0.4, 0.5) is 4.39 Å². The summed E-state index contributed by atoms with van der Waals surface area (Å²) in [5, 5.41) is 9.57. The van der Waals surface area contributed by atoms with Gasteiger partial charge in [0, 0.05) is 16.1 Å². The van der Waals surface area contributed by atoms with Crippen molar-refractivity contribution in [2.24, 2.45) is 0 Å². The van der Waals surface area contributed by atoms with Crippen molar-refractivity contribution in [3.8, 4) is 6.07 Å². The monoisotopic (exact) mass is 420 g/mol. The molecule has 9 heteroatoms. The molecular formula is C19H14ClFN2O4S. The summed E-state index contributed by atoms with van der Waals surface area (Å²) >= 11 is 6.05. The van der Waals surface area contributed by atoms with Crippen molar-refractivity contribution in [3.63, 3.8) is 0 Å². The Morgan fingerprint density at radius 3 is 2.61 bits per heavy atom. The zero-order valence-corrected chi connectivity index (χ0v) is 16.2. The molecule has 1 aliphatic heterocycles. The van der Waals surface area contributed by atoms with Gasteiger partial charge in [-0.25, -0.2) is 17.6 Å². The Bertz CT molecular complexity index is 1120. The normalized spacial score (nSPS) is 16.3. The SMILES string of the molecule is CCOC(=O)/C(C#N)=C1/c2ccccc2S(=O)(=O)N1Cc1c(F)cccc1Cl. The van der Waals surface area contributed by atoms with E-state index in [0.29, 0.717) is 0 Å². The molecule has 0 bridgehead atoms. The Labute approximate surface area is 166 Å². The van der Waals surface area contributed by atoms with E-state index in [2.05, 4.69) is 0 Å². The van der Waals surface area contributed by atoms with E-state index in [-0.39, 0.29) is 33.3 Å². The second-order valence-corrected chi connectivity index (χ2v) is 8.00. The lowest BCUT2D eigenvalue weighted by Gasteiger charge is -2.21. The van der Waals surface area contributed by atoms with Crippen LogP contribution in [0, 0.1) is 17.1 Å². The molecule has 0 atom stereocenters. The minimum Gasteiger partial charge on any atom is -0.462 e. The number of esters is 1. The topological polar surface area (TPSA) is 87.5 Å². The largest absolute Gasteiger partial charge is 0.462 e. The summed E-state index contributed by atoms with van der Waals surface area (Å²) in [6, 6.07) is 11.6. The number of ether oxygens (including phenoxy) is 1. The Kier molecular flexibility index (Phi) is 5.40. The number of benzene rings is 2. The van der Waals surface area contributed by atoms with E-state index in [1.165, 1.54) is 30.3 Å². The standard InChI is InChI=1S/C19H14ClFN2O4S/c1-2-27-19(24)13(10-22)18-12-6-3-4-9-17(12)28(25,26)23(18)11-14-15(20)7-5-8-16(14)21/h3-9H,2,11H2,1H3/b18-13-. The first-order valence-corrected chi connectivity index (χ1v) is 10.0. The average Bonchev–Trinajstić information content (AvgIpc) is 2.87. The molecule has 0 aromatic heterocycles. The lowest BCUT2D eigenvalue weighted by Crippen LogP contribution is -2.26. The van der Waals surface area contributed by atoms with Crippen molar-refractivity contribution in [2.45, 2.75) is 18.4 Å². The van der Waals surface area contributed by atoms with Crippen LogP contribution in [0.1, 0.15) is 18.1 Å². The predicted octanol–water partition coefficient (Wildman–Crippen LogP) is 3.48. The smallest absolute Gasteiger partial charge is 0.351 e. The number of sulfonamides is 1. The third-order valence-corrected chi connectivity index (χ3v) is 6.31. The van der Waals surface area contributed by atoms with Gasteiger partial charge in [0.25, 0.3) is 10.0 Å². The van der Waals surface area contributed by atoms with Crippen LogP contribution in [0.15, 0.2) is 52.9 Å². The Balaban J connectivity index is 2.27. The summed E-state index contributed by atoms with van der Waals surface area (Å²) in [5.74, 6) is -1.66. The van der Waals surface area contributed by atoms with Crippen LogP contribution >= 0.6 is 11.6 Å². The fourth-order valence-corrected chi connectivity index (χ4v) is 4.79. The molecule has 0 fully saturated rings. The van der Waals surface area contributed by atoms with Crippen LogP contribution in [-0.2, 0) is 26.1 Å². The molecular weight excluding hydrogens is 407 g/mol. The molecule has 0 spiro atoms. The van der Waals surface area contributed by atoms with Crippen LogP contribution < -0.4 is 0 Å². The summed E-state index contributed by atoms with van der Waals surface area (Å²) in [5.41, 5.74) is -0.544. The Morgan fingerprint density at radius 1 is 1.25 bits per heavy atom. The molecule has 0 amide bonds. The van der Waals surface area contributed by atoms with Gasteiger partial charge in [0.05, 0.1) is 23.7 Å². The van der Waals surface area contributed by atoms with Gasteiger partial charge in [-0.1, -0.05) is 35.9 Å². The molecule has 1 heterocycles. The summed E-state index contributed by atoms with van der Waals surface area (Å²) in [7, 11) is -4.14. The van der Waals surface area contributed by atoms with E-state index >= 15 is 0 Å². The van der Waals surface area contributed by atoms with E-state index in [9.17, 15) is 22.9 Å². The minimum atomic E-state index is -4.14. The van der Waals surface area contributed by atoms with Crippen LogP contribution in [0.3, 0.4) is 0 Å². The highest BCUT2D eigenvalue weighted by molar-refractivity contribution is 7.90. The van der Waals surface area contributed by atoms with E-state index in [4.69, 9.17) is 16.3 Å². The van der Waals surface area contributed by atoms with Gasteiger partial charge in [-0.2, -0.15) is 5.26 Å². The summed E-state index contributed by atoms with van der Waals surface area (Å²) in [6.45, 7) is 1.08. The second-order valence-electron chi connectivity index (χ2n) is 5.76. The fraction of sp³-hybridized carbons (Fsp3) is 0.158. The van der Waals surface area contributed by atoms with E-state index in [0.717, 1.165) is 10.4 Å². The molecule has 1 aliphatic rings. The van der Waals surface area contributed by atoms with Gasteiger partial charge in [0.1, 0.15) is 11.9 Å². The van der Waals surface area contributed by atoms with E-state index < -0.39 is 33.9 Å². The lowest BCUT2D eigenvalue weighted by molar-refractivity contribution is -0.137. The third-order valence-electron chi connectivity index (χ3n) is 4.15. The first-order valence-electron chi connectivity index (χ1n) is 8.19. The van der Waals surface area contributed by atoms with Crippen molar-refractivity contribution >= 4 is 33.3 Å². The molecule has 6 nitrogen and oxygen atoms in total. The Morgan fingerprint density at radius 2 is 1.96 bits per heavy atom. The van der Waals surface area contributed by atoms with Crippen LogP contribution in [0.25, 0.3) is 5.70 Å². The zero-order valence-electron chi connectivity index (χ0n) is 14.6. The minimum absolute atomic E-state index is 0.00479. The van der Waals surface area contributed by atoms with Gasteiger partial charge in [-0.3, -0.25) is 4.31 Å². The molecule has 2 aromatic rings. The molecule has 2 aromatic carbocycles. The fourth-order valence-electron chi connectivity index (χ4n) is 2.91. The van der Waals surface area contributed by atoms with Crippen LogP contribution in [0.2, 0.25) is 5.02 Å².